The molecule has 2 N–H and O–H groups in total. The Labute approximate surface area is 131 Å². The van der Waals surface area contributed by atoms with Crippen LogP contribution in [0.4, 0.5) is 0 Å². The highest BCUT2D eigenvalue weighted by Gasteiger charge is 2.24. The fourth-order valence-electron chi connectivity index (χ4n) is 2.34. The SMILES string of the molecule is Cc1ccsc1C(C(C)N)N(C)Cc1csc(Br)c1. The number of rotatable bonds is 5. The van der Waals surface area contributed by atoms with Gasteiger partial charge >= 0.3 is 0 Å². The van der Waals surface area contributed by atoms with Gasteiger partial charge in [0.25, 0.3) is 0 Å². The Kier molecular flexibility index (Phi) is 5.20. The largest absolute Gasteiger partial charge is 0.326 e. The average Bonchev–Trinajstić information content (AvgIpc) is 2.89. The molecule has 0 amide bonds. The Bertz CT molecular complexity index is 533. The summed E-state index contributed by atoms with van der Waals surface area (Å²) in [5.41, 5.74) is 8.89. The third-order valence-electron chi connectivity index (χ3n) is 3.20. The number of halogens is 1. The molecule has 2 atom stereocenters. The van der Waals surface area contributed by atoms with Crippen LogP contribution >= 0.6 is 38.6 Å². The molecule has 0 saturated heterocycles. The molecule has 19 heavy (non-hydrogen) atoms. The van der Waals surface area contributed by atoms with Crippen LogP contribution in [0, 0.1) is 6.92 Å². The normalized spacial score (nSPS) is 14.8. The molecule has 2 aromatic rings. The molecule has 0 fully saturated rings. The molecule has 0 aliphatic heterocycles. The monoisotopic (exact) mass is 358 g/mol. The fourth-order valence-corrected chi connectivity index (χ4v) is 4.75. The van der Waals surface area contributed by atoms with E-state index in [9.17, 15) is 0 Å². The van der Waals surface area contributed by atoms with E-state index in [2.05, 4.69) is 64.6 Å². The van der Waals surface area contributed by atoms with Gasteiger partial charge in [-0.25, -0.2) is 0 Å². The van der Waals surface area contributed by atoms with E-state index in [-0.39, 0.29) is 12.1 Å². The Hall–Kier alpha value is -0.200. The van der Waals surface area contributed by atoms with Crippen LogP contribution in [0.25, 0.3) is 0 Å². The first-order valence-corrected chi connectivity index (χ1v) is 8.77. The third-order valence-corrected chi connectivity index (χ3v) is 5.84. The van der Waals surface area contributed by atoms with Crippen molar-refractivity contribution in [2.75, 3.05) is 7.05 Å². The Morgan fingerprint density at radius 3 is 2.63 bits per heavy atom. The van der Waals surface area contributed by atoms with Gasteiger partial charge < -0.3 is 5.73 Å². The van der Waals surface area contributed by atoms with Gasteiger partial charge in [0.1, 0.15) is 0 Å². The van der Waals surface area contributed by atoms with E-state index < -0.39 is 0 Å². The number of nitrogens with two attached hydrogens (primary N) is 1. The van der Waals surface area contributed by atoms with E-state index in [0.717, 1.165) is 6.54 Å². The number of thiophene rings is 2. The van der Waals surface area contributed by atoms with Gasteiger partial charge in [-0.1, -0.05) is 0 Å². The summed E-state index contributed by atoms with van der Waals surface area (Å²) >= 11 is 7.05. The minimum Gasteiger partial charge on any atom is -0.326 e. The lowest BCUT2D eigenvalue weighted by Crippen LogP contribution is -2.36. The Morgan fingerprint density at radius 1 is 1.42 bits per heavy atom. The molecular weight excluding hydrogens is 340 g/mol. The maximum Gasteiger partial charge on any atom is 0.0701 e. The van der Waals surface area contributed by atoms with E-state index in [0.29, 0.717) is 0 Å². The van der Waals surface area contributed by atoms with Gasteiger partial charge in [-0.15, -0.1) is 22.7 Å². The molecule has 0 spiro atoms. The van der Waals surface area contributed by atoms with Gasteiger partial charge in [0, 0.05) is 17.5 Å². The molecule has 0 aromatic carbocycles. The maximum absolute atomic E-state index is 6.21. The Balaban J connectivity index is 2.18. The van der Waals surface area contributed by atoms with Crippen molar-refractivity contribution in [3.05, 3.63) is 42.7 Å². The number of hydrogen-bond acceptors (Lipinski definition) is 4. The lowest BCUT2D eigenvalue weighted by atomic mass is 10.0. The second-order valence-electron chi connectivity index (χ2n) is 4.95. The highest BCUT2D eigenvalue weighted by Crippen LogP contribution is 2.31. The quantitative estimate of drug-likeness (QED) is 0.857. The van der Waals surface area contributed by atoms with E-state index in [1.54, 1.807) is 22.7 Å². The average molecular weight is 359 g/mol. The molecular formula is C14H19BrN2S2. The summed E-state index contributed by atoms with van der Waals surface area (Å²) in [5, 5.41) is 4.34. The minimum absolute atomic E-state index is 0.115. The number of hydrogen-bond donors (Lipinski definition) is 1. The molecule has 0 aliphatic carbocycles. The van der Waals surface area contributed by atoms with Crippen LogP contribution in [0.3, 0.4) is 0 Å². The first kappa shape index (κ1) is 15.2. The maximum atomic E-state index is 6.21. The van der Waals surface area contributed by atoms with Crippen molar-refractivity contribution in [1.29, 1.82) is 0 Å². The van der Waals surface area contributed by atoms with Crippen molar-refractivity contribution in [3.63, 3.8) is 0 Å². The van der Waals surface area contributed by atoms with Crippen LogP contribution in [0.2, 0.25) is 0 Å². The smallest absolute Gasteiger partial charge is 0.0701 e. The highest BCUT2D eigenvalue weighted by atomic mass is 79.9. The molecule has 0 saturated carbocycles. The summed E-state index contributed by atoms with van der Waals surface area (Å²) in [7, 11) is 2.15. The first-order valence-electron chi connectivity index (χ1n) is 6.21. The number of aryl methyl sites for hydroxylation is 1. The predicted octanol–water partition coefficient (Wildman–Crippen LogP) is 4.40. The van der Waals surface area contributed by atoms with Crippen LogP contribution in [0.1, 0.15) is 29.0 Å². The Morgan fingerprint density at radius 2 is 2.16 bits per heavy atom. The molecule has 5 heteroatoms. The molecule has 2 aromatic heterocycles. The summed E-state index contributed by atoms with van der Waals surface area (Å²) in [6, 6.07) is 4.74. The zero-order valence-corrected chi connectivity index (χ0v) is 14.6. The van der Waals surface area contributed by atoms with Crippen molar-refractivity contribution in [3.8, 4) is 0 Å². The zero-order valence-electron chi connectivity index (χ0n) is 11.4. The van der Waals surface area contributed by atoms with Crippen LogP contribution in [-0.4, -0.2) is 18.0 Å². The summed E-state index contributed by atoms with van der Waals surface area (Å²) in [6.07, 6.45) is 0. The number of nitrogens with zero attached hydrogens (tertiary/aromatic N) is 1. The van der Waals surface area contributed by atoms with Crippen LogP contribution in [0.15, 0.2) is 26.7 Å². The van der Waals surface area contributed by atoms with Crippen molar-refractivity contribution >= 4 is 38.6 Å². The highest BCUT2D eigenvalue weighted by molar-refractivity contribution is 9.11. The van der Waals surface area contributed by atoms with E-state index >= 15 is 0 Å². The summed E-state index contributed by atoms with van der Waals surface area (Å²) in [4.78, 5) is 3.73. The molecule has 104 valence electrons. The van der Waals surface area contributed by atoms with E-state index in [1.165, 1.54) is 19.8 Å². The van der Waals surface area contributed by atoms with Crippen molar-refractivity contribution in [1.82, 2.24) is 4.90 Å². The topological polar surface area (TPSA) is 29.3 Å². The predicted molar refractivity (Wildman–Crippen MR) is 88.9 cm³/mol. The molecule has 2 heterocycles. The van der Waals surface area contributed by atoms with Crippen LogP contribution in [0.5, 0.6) is 0 Å². The van der Waals surface area contributed by atoms with Gasteiger partial charge in [0.2, 0.25) is 0 Å². The van der Waals surface area contributed by atoms with Gasteiger partial charge in [0.05, 0.1) is 9.83 Å². The summed E-state index contributed by atoms with van der Waals surface area (Å²) in [5.74, 6) is 0. The van der Waals surface area contributed by atoms with Crippen molar-refractivity contribution < 1.29 is 0 Å². The van der Waals surface area contributed by atoms with Gasteiger partial charge in [-0.05, 0) is 70.8 Å². The van der Waals surface area contributed by atoms with Crippen molar-refractivity contribution in [2.45, 2.75) is 32.5 Å². The zero-order chi connectivity index (χ0) is 14.0. The molecule has 2 rings (SSSR count). The van der Waals surface area contributed by atoms with Gasteiger partial charge in [-0.2, -0.15) is 0 Å². The van der Waals surface area contributed by atoms with E-state index in [1.807, 2.05) is 0 Å². The summed E-state index contributed by atoms with van der Waals surface area (Å²) in [6.45, 7) is 5.17. The first-order chi connectivity index (χ1) is 8.99. The van der Waals surface area contributed by atoms with Gasteiger partial charge in [0.15, 0.2) is 0 Å². The molecule has 0 radical (unpaired) electrons. The molecule has 0 aliphatic rings. The second kappa shape index (κ2) is 6.50. The fraction of sp³-hybridized carbons (Fsp3) is 0.429. The lowest BCUT2D eigenvalue weighted by Gasteiger charge is -2.30. The van der Waals surface area contributed by atoms with E-state index in [4.69, 9.17) is 5.73 Å². The molecule has 2 nitrogen and oxygen atoms in total. The lowest BCUT2D eigenvalue weighted by molar-refractivity contribution is 0.214. The third kappa shape index (κ3) is 3.67. The van der Waals surface area contributed by atoms with Crippen molar-refractivity contribution in [2.24, 2.45) is 5.73 Å². The minimum atomic E-state index is 0.115. The molecule has 2 unspecified atom stereocenters. The van der Waals surface area contributed by atoms with Crippen LogP contribution < -0.4 is 5.73 Å². The molecule has 0 bridgehead atoms. The second-order valence-corrected chi connectivity index (χ2v) is 8.18. The summed E-state index contributed by atoms with van der Waals surface area (Å²) < 4.78 is 1.18. The van der Waals surface area contributed by atoms with Crippen LogP contribution in [-0.2, 0) is 6.54 Å². The van der Waals surface area contributed by atoms with Gasteiger partial charge in [-0.3, -0.25) is 4.90 Å². The standard InChI is InChI=1S/C14H19BrN2S2/c1-9-4-5-18-14(9)13(10(2)16)17(3)7-11-6-12(15)19-8-11/h4-6,8,10,13H,7,16H2,1-3H3. The number of likely N-dealkylation sites (N-methyl/N-ethyl adjacent to an activating group) is 1.